The van der Waals surface area contributed by atoms with Gasteiger partial charge in [-0.05, 0) is 26.3 Å². The molecular formula is C12H28N2O2. The van der Waals surface area contributed by atoms with E-state index in [2.05, 4.69) is 18.7 Å². The van der Waals surface area contributed by atoms with Crippen LogP contribution in [0.25, 0.3) is 0 Å². The summed E-state index contributed by atoms with van der Waals surface area (Å²) in [7, 11) is 3.47. The van der Waals surface area contributed by atoms with E-state index < -0.39 is 0 Å². The summed E-state index contributed by atoms with van der Waals surface area (Å²) in [5.41, 5.74) is 6.09. The molecule has 16 heavy (non-hydrogen) atoms. The lowest BCUT2D eigenvalue weighted by Crippen LogP contribution is -2.44. The minimum atomic E-state index is 0.231. The zero-order chi connectivity index (χ0) is 12.4. The van der Waals surface area contributed by atoms with Crippen molar-refractivity contribution in [2.45, 2.75) is 38.8 Å². The molecule has 2 N–H and O–H groups in total. The van der Waals surface area contributed by atoms with Crippen LogP contribution in [0.15, 0.2) is 0 Å². The molecule has 2 atom stereocenters. The molecule has 4 nitrogen and oxygen atoms in total. The van der Waals surface area contributed by atoms with Crippen molar-refractivity contribution in [2.24, 2.45) is 5.73 Å². The Morgan fingerprint density at radius 3 is 2.44 bits per heavy atom. The number of nitrogens with two attached hydrogens (primary N) is 1. The molecule has 0 aliphatic heterocycles. The van der Waals surface area contributed by atoms with E-state index in [1.54, 1.807) is 14.2 Å². The lowest BCUT2D eigenvalue weighted by molar-refractivity contribution is 0.0968. The molecule has 2 unspecified atom stereocenters. The number of ether oxygens (including phenoxy) is 2. The van der Waals surface area contributed by atoms with E-state index in [0.717, 1.165) is 39.1 Å². The maximum absolute atomic E-state index is 6.09. The molecule has 0 aromatic rings. The molecule has 0 saturated heterocycles. The number of nitrogens with zero attached hydrogens (tertiary/aromatic N) is 1. The second-order valence-electron chi connectivity index (χ2n) is 4.29. The smallest absolute Gasteiger partial charge is 0.0615 e. The summed E-state index contributed by atoms with van der Waals surface area (Å²) >= 11 is 0. The monoisotopic (exact) mass is 232 g/mol. The molecule has 0 amide bonds. The summed E-state index contributed by atoms with van der Waals surface area (Å²) < 4.78 is 10.2. The Hall–Kier alpha value is -0.160. The van der Waals surface area contributed by atoms with Crippen LogP contribution in [-0.2, 0) is 9.47 Å². The molecule has 0 radical (unpaired) electrons. The highest BCUT2D eigenvalue weighted by Crippen LogP contribution is 2.03. The van der Waals surface area contributed by atoms with E-state index in [-0.39, 0.29) is 6.04 Å². The van der Waals surface area contributed by atoms with Crippen LogP contribution in [0.4, 0.5) is 0 Å². The molecule has 0 bridgehead atoms. The second-order valence-corrected chi connectivity index (χ2v) is 4.29. The highest BCUT2D eigenvalue weighted by molar-refractivity contribution is 4.72. The van der Waals surface area contributed by atoms with Crippen LogP contribution < -0.4 is 5.73 Å². The van der Waals surface area contributed by atoms with Gasteiger partial charge in [0.15, 0.2) is 0 Å². The summed E-state index contributed by atoms with van der Waals surface area (Å²) in [6.07, 6.45) is 2.05. The first-order valence-corrected chi connectivity index (χ1v) is 6.13. The van der Waals surface area contributed by atoms with Gasteiger partial charge in [0, 0.05) is 39.5 Å². The number of hydrogen-bond donors (Lipinski definition) is 1. The highest BCUT2D eigenvalue weighted by Gasteiger charge is 2.14. The van der Waals surface area contributed by atoms with Gasteiger partial charge in [0.1, 0.15) is 0 Å². The number of hydrogen-bond acceptors (Lipinski definition) is 4. The Bertz CT molecular complexity index is 156. The topological polar surface area (TPSA) is 47.7 Å². The fraction of sp³-hybridized carbons (Fsp3) is 1.00. The van der Waals surface area contributed by atoms with Gasteiger partial charge in [-0.1, -0.05) is 6.92 Å². The Kier molecular flexibility index (Phi) is 9.92. The van der Waals surface area contributed by atoms with Crippen molar-refractivity contribution in [2.75, 3.05) is 40.5 Å². The van der Waals surface area contributed by atoms with Gasteiger partial charge in [-0.2, -0.15) is 0 Å². The maximum atomic E-state index is 6.09. The van der Waals surface area contributed by atoms with Crippen molar-refractivity contribution in [3.63, 3.8) is 0 Å². The third-order valence-corrected chi connectivity index (χ3v) is 2.83. The first-order valence-electron chi connectivity index (χ1n) is 6.13. The van der Waals surface area contributed by atoms with E-state index in [9.17, 15) is 0 Å². The van der Waals surface area contributed by atoms with Gasteiger partial charge in [0.25, 0.3) is 0 Å². The molecule has 0 spiro atoms. The zero-order valence-corrected chi connectivity index (χ0v) is 11.2. The van der Waals surface area contributed by atoms with Crippen LogP contribution in [-0.4, -0.2) is 57.5 Å². The van der Waals surface area contributed by atoms with E-state index in [1.165, 1.54) is 0 Å². The van der Waals surface area contributed by atoms with Crippen molar-refractivity contribution in [3.05, 3.63) is 0 Å². The average Bonchev–Trinajstić information content (AvgIpc) is 2.26. The molecule has 0 aromatic heterocycles. The molecule has 0 aliphatic carbocycles. The summed E-state index contributed by atoms with van der Waals surface area (Å²) in [4.78, 5) is 2.36. The van der Waals surface area contributed by atoms with Crippen LogP contribution >= 0.6 is 0 Å². The van der Waals surface area contributed by atoms with Crippen molar-refractivity contribution in [1.29, 1.82) is 0 Å². The highest BCUT2D eigenvalue weighted by atomic mass is 16.5. The minimum Gasteiger partial charge on any atom is -0.385 e. The van der Waals surface area contributed by atoms with Crippen molar-refractivity contribution in [3.8, 4) is 0 Å². The Balaban J connectivity index is 3.81. The normalized spacial score (nSPS) is 15.4. The first-order chi connectivity index (χ1) is 7.65. The van der Waals surface area contributed by atoms with E-state index in [0.29, 0.717) is 6.04 Å². The molecule has 98 valence electrons. The molecular weight excluding hydrogens is 204 g/mol. The molecule has 0 aliphatic rings. The molecule has 0 fully saturated rings. The van der Waals surface area contributed by atoms with Gasteiger partial charge in [0.05, 0.1) is 6.61 Å². The van der Waals surface area contributed by atoms with Crippen LogP contribution in [0, 0.1) is 0 Å². The lowest BCUT2D eigenvalue weighted by Gasteiger charge is -2.29. The maximum Gasteiger partial charge on any atom is 0.0615 e. The molecule has 0 heterocycles. The van der Waals surface area contributed by atoms with Crippen LogP contribution in [0.5, 0.6) is 0 Å². The van der Waals surface area contributed by atoms with Gasteiger partial charge < -0.3 is 15.2 Å². The van der Waals surface area contributed by atoms with E-state index in [1.807, 2.05) is 0 Å². The summed E-state index contributed by atoms with van der Waals surface area (Å²) in [6, 6.07) is 0.665. The van der Waals surface area contributed by atoms with Crippen molar-refractivity contribution < 1.29 is 9.47 Å². The predicted molar refractivity (Wildman–Crippen MR) is 67.7 cm³/mol. The third-order valence-electron chi connectivity index (χ3n) is 2.83. The van der Waals surface area contributed by atoms with Crippen molar-refractivity contribution >= 4 is 0 Å². The number of methoxy groups -OCH3 is 2. The van der Waals surface area contributed by atoms with Crippen LogP contribution in [0.2, 0.25) is 0 Å². The lowest BCUT2D eigenvalue weighted by atomic mass is 10.1. The van der Waals surface area contributed by atoms with Gasteiger partial charge in [0.2, 0.25) is 0 Å². The van der Waals surface area contributed by atoms with Gasteiger partial charge in [-0.3, -0.25) is 4.90 Å². The minimum absolute atomic E-state index is 0.231. The van der Waals surface area contributed by atoms with Gasteiger partial charge in [-0.25, -0.2) is 0 Å². The molecule has 0 rings (SSSR count). The Morgan fingerprint density at radius 1 is 1.25 bits per heavy atom. The van der Waals surface area contributed by atoms with E-state index >= 15 is 0 Å². The van der Waals surface area contributed by atoms with Gasteiger partial charge in [-0.15, -0.1) is 0 Å². The second kappa shape index (κ2) is 10.0. The third kappa shape index (κ3) is 7.17. The quantitative estimate of drug-likeness (QED) is 0.573. The Labute approximate surface area is 100 Å². The standard InChI is InChI=1S/C12H28N2O2/c1-5-14(11(2)10-16-4)9-12(13)7-6-8-15-3/h11-12H,5-10,13H2,1-4H3. The van der Waals surface area contributed by atoms with E-state index in [4.69, 9.17) is 15.2 Å². The van der Waals surface area contributed by atoms with Gasteiger partial charge >= 0.3 is 0 Å². The zero-order valence-electron chi connectivity index (χ0n) is 11.2. The summed E-state index contributed by atoms with van der Waals surface area (Å²) in [5.74, 6) is 0. The first kappa shape index (κ1) is 15.8. The summed E-state index contributed by atoms with van der Waals surface area (Å²) in [6.45, 7) is 7.85. The fourth-order valence-corrected chi connectivity index (χ4v) is 1.85. The number of rotatable bonds is 10. The number of likely N-dealkylation sites (N-methyl/N-ethyl adjacent to an activating group) is 1. The fourth-order valence-electron chi connectivity index (χ4n) is 1.85. The average molecular weight is 232 g/mol. The molecule has 0 aromatic carbocycles. The predicted octanol–water partition coefficient (Wildman–Crippen LogP) is 1.10. The molecule has 0 saturated carbocycles. The largest absolute Gasteiger partial charge is 0.385 e. The SMILES string of the molecule is CCN(CC(N)CCCOC)C(C)COC. The molecule has 4 heteroatoms. The van der Waals surface area contributed by atoms with Crippen molar-refractivity contribution in [1.82, 2.24) is 4.90 Å². The Morgan fingerprint density at radius 2 is 1.94 bits per heavy atom. The van der Waals surface area contributed by atoms with Crippen LogP contribution in [0.3, 0.4) is 0 Å². The van der Waals surface area contributed by atoms with Crippen LogP contribution in [0.1, 0.15) is 26.7 Å². The summed E-state index contributed by atoms with van der Waals surface area (Å²) in [5, 5.41) is 0.